The Bertz CT molecular complexity index is 1560. The molecular formula is C29H27F5N4O5. The number of aryl methyl sites for hydroxylation is 2. The molecule has 2 N–H and O–H groups in total. The zero-order chi connectivity index (χ0) is 31.1. The van der Waals surface area contributed by atoms with Gasteiger partial charge in [-0.05, 0) is 48.2 Å². The number of aromatic nitrogens is 2. The highest BCUT2D eigenvalue weighted by atomic mass is 19.4. The van der Waals surface area contributed by atoms with Crippen LogP contribution in [0.1, 0.15) is 38.3 Å². The second-order valence-electron chi connectivity index (χ2n) is 10.4. The largest absolute Gasteiger partial charge is 0.480 e. The molecule has 1 unspecified atom stereocenters. The number of morpholine rings is 1. The Hall–Kier alpha value is -4.17. The number of nitrogens with one attached hydrogen (secondary N) is 1. The van der Waals surface area contributed by atoms with Crippen LogP contribution in [0.15, 0.2) is 30.5 Å². The highest BCUT2D eigenvalue weighted by Crippen LogP contribution is 2.34. The average molecular weight is 607 g/mol. The fourth-order valence-corrected chi connectivity index (χ4v) is 5.18. The van der Waals surface area contributed by atoms with E-state index in [1.54, 1.807) is 18.3 Å². The third kappa shape index (κ3) is 6.15. The highest BCUT2D eigenvalue weighted by Gasteiger charge is 2.46. The summed E-state index contributed by atoms with van der Waals surface area (Å²) in [5.41, 5.74) is 2.91. The van der Waals surface area contributed by atoms with Gasteiger partial charge in [-0.15, -0.1) is 0 Å². The first-order valence-corrected chi connectivity index (χ1v) is 13.3. The molecular weight excluding hydrogens is 579 g/mol. The molecule has 2 aliphatic rings. The summed E-state index contributed by atoms with van der Waals surface area (Å²) in [7, 11) is 0. The van der Waals surface area contributed by atoms with Crippen molar-refractivity contribution in [1.29, 1.82) is 0 Å². The van der Waals surface area contributed by atoms with E-state index in [1.165, 1.54) is 0 Å². The molecule has 2 aromatic carbocycles. The summed E-state index contributed by atoms with van der Waals surface area (Å²) in [5, 5.41) is 12.0. The van der Waals surface area contributed by atoms with E-state index in [-0.39, 0.29) is 32.8 Å². The normalized spacial score (nSPS) is 17.5. The number of rotatable bonds is 7. The van der Waals surface area contributed by atoms with E-state index >= 15 is 8.78 Å². The first-order valence-electron chi connectivity index (χ1n) is 13.3. The standard InChI is InChI=1S/C29H27F5N4O5/c1-14-10-35-26(36-15(14)2)18-4-3-16(19-11-43-12-20(18)19)7-23(28(40)41)37-27(39)25-21(30)8-17(9-22(25)31)38-5-6-42-13-24(38)29(32,33)34/h3-4,8-10,23-24H,5-7,11-13H2,1-2H3,(H,37,39)(H,40,41)/t23?,24-/m1/s1. The molecule has 1 saturated heterocycles. The number of anilines is 1. The number of fused-ring (bicyclic) bond motifs is 1. The van der Waals surface area contributed by atoms with Crippen molar-refractivity contribution in [3.63, 3.8) is 0 Å². The first kappa shape index (κ1) is 30.3. The third-order valence-electron chi connectivity index (χ3n) is 7.61. The number of hydrogen-bond acceptors (Lipinski definition) is 7. The lowest BCUT2D eigenvalue weighted by Gasteiger charge is -2.38. The number of carboxylic acid groups (broad SMARTS) is 1. The van der Waals surface area contributed by atoms with E-state index in [2.05, 4.69) is 15.3 Å². The van der Waals surface area contributed by atoms with Gasteiger partial charge in [0.15, 0.2) is 5.82 Å². The van der Waals surface area contributed by atoms with Crippen LogP contribution in [0.4, 0.5) is 27.6 Å². The van der Waals surface area contributed by atoms with Crippen LogP contribution in [0.5, 0.6) is 0 Å². The molecule has 2 aliphatic heterocycles. The van der Waals surface area contributed by atoms with Crippen molar-refractivity contribution in [2.24, 2.45) is 0 Å². The van der Waals surface area contributed by atoms with Crippen molar-refractivity contribution in [3.05, 3.63) is 75.6 Å². The van der Waals surface area contributed by atoms with Gasteiger partial charge in [0.25, 0.3) is 5.91 Å². The van der Waals surface area contributed by atoms with Gasteiger partial charge in [-0.3, -0.25) is 4.79 Å². The number of benzene rings is 2. The van der Waals surface area contributed by atoms with E-state index in [9.17, 15) is 27.9 Å². The van der Waals surface area contributed by atoms with Gasteiger partial charge in [-0.1, -0.05) is 12.1 Å². The molecule has 3 heterocycles. The van der Waals surface area contributed by atoms with E-state index in [0.29, 0.717) is 34.6 Å². The van der Waals surface area contributed by atoms with Gasteiger partial charge in [0.05, 0.1) is 26.4 Å². The van der Waals surface area contributed by atoms with Gasteiger partial charge < -0.3 is 24.8 Å². The van der Waals surface area contributed by atoms with Crippen LogP contribution in [0.2, 0.25) is 0 Å². The molecule has 3 aromatic rings. The van der Waals surface area contributed by atoms with Crippen LogP contribution in [-0.2, 0) is 33.9 Å². The number of amides is 1. The van der Waals surface area contributed by atoms with Crippen molar-refractivity contribution in [2.75, 3.05) is 24.7 Å². The molecule has 0 aliphatic carbocycles. The average Bonchev–Trinajstić information content (AvgIpc) is 3.44. The number of carboxylic acids is 1. The summed E-state index contributed by atoms with van der Waals surface area (Å²) in [6, 6.07) is 0.915. The van der Waals surface area contributed by atoms with E-state index in [1.807, 2.05) is 13.8 Å². The molecule has 43 heavy (non-hydrogen) atoms. The SMILES string of the molecule is Cc1cnc(-c2ccc(CC(NC(=O)c3c(F)cc(N4CCOC[C@@H]4C(F)(F)F)cc3F)C(=O)O)c3c2COC3)nc1C. The van der Waals surface area contributed by atoms with Gasteiger partial charge in [0.2, 0.25) is 0 Å². The predicted molar refractivity (Wildman–Crippen MR) is 142 cm³/mol. The van der Waals surface area contributed by atoms with Gasteiger partial charge in [0.1, 0.15) is 29.3 Å². The zero-order valence-electron chi connectivity index (χ0n) is 23.1. The molecule has 1 fully saturated rings. The second-order valence-corrected chi connectivity index (χ2v) is 10.4. The summed E-state index contributed by atoms with van der Waals surface area (Å²) in [4.78, 5) is 34.7. The highest BCUT2D eigenvalue weighted by molar-refractivity contribution is 5.97. The van der Waals surface area contributed by atoms with Crippen LogP contribution in [0.25, 0.3) is 11.4 Å². The maximum absolute atomic E-state index is 15.0. The lowest BCUT2D eigenvalue weighted by atomic mass is 9.93. The third-order valence-corrected chi connectivity index (χ3v) is 7.61. The Kier molecular flexibility index (Phi) is 8.34. The molecule has 228 valence electrons. The number of alkyl halides is 3. The number of hydrogen-bond donors (Lipinski definition) is 2. The molecule has 5 rings (SSSR count). The van der Waals surface area contributed by atoms with Gasteiger partial charge in [0, 0.05) is 36.1 Å². The lowest BCUT2D eigenvalue weighted by molar-refractivity contribution is -0.167. The Morgan fingerprint density at radius 1 is 1.12 bits per heavy atom. The quantitative estimate of drug-likeness (QED) is 0.384. The summed E-state index contributed by atoms with van der Waals surface area (Å²) in [6.07, 6.45) is -3.26. The second kappa shape index (κ2) is 11.8. The fraction of sp³-hybridized carbons (Fsp3) is 0.379. The summed E-state index contributed by atoms with van der Waals surface area (Å²) in [5.74, 6) is -5.21. The molecule has 1 amide bonds. The van der Waals surface area contributed by atoms with Gasteiger partial charge >= 0.3 is 12.1 Å². The molecule has 2 atom stereocenters. The summed E-state index contributed by atoms with van der Waals surface area (Å²) in [6.45, 7) is 3.06. The summed E-state index contributed by atoms with van der Waals surface area (Å²) < 4.78 is 81.0. The number of aliphatic carboxylic acids is 1. The number of halogens is 5. The van der Waals surface area contributed by atoms with E-state index < -0.39 is 59.6 Å². The maximum Gasteiger partial charge on any atom is 0.411 e. The Labute approximate surface area is 242 Å². The number of ether oxygens (including phenoxy) is 2. The molecule has 0 radical (unpaired) electrons. The van der Waals surface area contributed by atoms with Gasteiger partial charge in [-0.2, -0.15) is 13.2 Å². The zero-order valence-corrected chi connectivity index (χ0v) is 23.1. The van der Waals surface area contributed by atoms with E-state index in [4.69, 9.17) is 9.47 Å². The maximum atomic E-state index is 15.0. The molecule has 0 saturated carbocycles. The molecule has 0 spiro atoms. The fourth-order valence-electron chi connectivity index (χ4n) is 5.18. The van der Waals surface area contributed by atoms with Crippen molar-refractivity contribution in [2.45, 2.75) is 51.7 Å². The first-order chi connectivity index (χ1) is 20.3. The Balaban J connectivity index is 1.38. The molecule has 14 heteroatoms. The van der Waals surface area contributed by atoms with Crippen molar-refractivity contribution < 1.29 is 46.1 Å². The Morgan fingerprint density at radius 3 is 2.47 bits per heavy atom. The smallest absolute Gasteiger partial charge is 0.411 e. The molecule has 0 bridgehead atoms. The number of nitrogens with zero attached hydrogens (tertiary/aromatic N) is 3. The van der Waals surface area contributed by atoms with Crippen molar-refractivity contribution in [1.82, 2.24) is 15.3 Å². The minimum absolute atomic E-state index is 0.0915. The Morgan fingerprint density at radius 2 is 1.81 bits per heavy atom. The van der Waals surface area contributed by atoms with Crippen molar-refractivity contribution >= 4 is 17.6 Å². The minimum atomic E-state index is -4.73. The monoisotopic (exact) mass is 606 g/mol. The number of carbonyl (C=O) groups excluding carboxylic acids is 1. The van der Waals surface area contributed by atoms with Crippen LogP contribution in [0.3, 0.4) is 0 Å². The molecule has 9 nitrogen and oxygen atoms in total. The minimum Gasteiger partial charge on any atom is -0.480 e. The van der Waals surface area contributed by atoms with E-state index in [0.717, 1.165) is 21.7 Å². The van der Waals surface area contributed by atoms with Crippen LogP contribution in [0, 0.1) is 25.5 Å². The van der Waals surface area contributed by atoms with Crippen LogP contribution >= 0.6 is 0 Å². The predicted octanol–water partition coefficient (Wildman–Crippen LogP) is 4.26. The topological polar surface area (TPSA) is 114 Å². The van der Waals surface area contributed by atoms with Crippen LogP contribution in [-0.4, -0.2) is 65.0 Å². The molecule has 1 aromatic heterocycles. The van der Waals surface area contributed by atoms with Crippen LogP contribution < -0.4 is 10.2 Å². The summed E-state index contributed by atoms with van der Waals surface area (Å²) >= 11 is 0. The van der Waals surface area contributed by atoms with Gasteiger partial charge in [-0.25, -0.2) is 23.5 Å². The van der Waals surface area contributed by atoms with Crippen molar-refractivity contribution in [3.8, 4) is 11.4 Å². The lowest BCUT2D eigenvalue weighted by Crippen LogP contribution is -2.53. The number of carbonyl (C=O) groups is 2.